The Labute approximate surface area is 159 Å². The number of rotatable bonds is 9. The van der Waals surface area contributed by atoms with E-state index >= 15 is 0 Å². The van der Waals surface area contributed by atoms with Crippen LogP contribution >= 0.6 is 11.3 Å². The van der Waals surface area contributed by atoms with Gasteiger partial charge in [0.1, 0.15) is 0 Å². The van der Waals surface area contributed by atoms with Gasteiger partial charge in [-0.3, -0.25) is 0 Å². The van der Waals surface area contributed by atoms with Gasteiger partial charge in [0.05, 0.1) is 27.9 Å². The zero-order chi connectivity index (χ0) is 18.8. The van der Waals surface area contributed by atoms with E-state index in [1.165, 1.54) is 4.88 Å². The molecule has 0 radical (unpaired) electrons. The minimum atomic E-state index is 0.505. The predicted octanol–water partition coefficient (Wildman–Crippen LogP) is 3.07. The fraction of sp³-hybridized carbons (Fsp3) is 0.421. The molecule has 6 nitrogen and oxygen atoms in total. The Bertz CT molecular complexity index is 677. The number of hydrogen-bond acceptors (Lipinski definition) is 5. The van der Waals surface area contributed by atoms with Gasteiger partial charge in [0.25, 0.3) is 0 Å². The van der Waals surface area contributed by atoms with Crippen LogP contribution in [0.5, 0.6) is 17.2 Å². The monoisotopic (exact) mass is 377 g/mol. The molecule has 0 amide bonds. The molecule has 0 aliphatic heterocycles. The third-order valence-corrected chi connectivity index (χ3v) is 4.67. The van der Waals surface area contributed by atoms with Gasteiger partial charge in [0.15, 0.2) is 17.5 Å². The molecule has 0 fully saturated rings. The maximum Gasteiger partial charge on any atom is 0.203 e. The number of guanidine groups is 1. The lowest BCUT2D eigenvalue weighted by molar-refractivity contribution is 0.324. The topological polar surface area (TPSA) is 64.1 Å². The van der Waals surface area contributed by atoms with Gasteiger partial charge in [-0.2, -0.15) is 0 Å². The second-order valence-electron chi connectivity index (χ2n) is 5.48. The van der Waals surface area contributed by atoms with E-state index in [4.69, 9.17) is 14.2 Å². The van der Waals surface area contributed by atoms with Crippen LogP contribution in [-0.2, 0) is 13.0 Å². The summed E-state index contributed by atoms with van der Waals surface area (Å²) in [6, 6.07) is 8.05. The Kier molecular flexibility index (Phi) is 8.08. The van der Waals surface area contributed by atoms with Gasteiger partial charge >= 0.3 is 0 Å². The number of thiophene rings is 1. The van der Waals surface area contributed by atoms with Crippen LogP contribution < -0.4 is 24.8 Å². The maximum atomic E-state index is 5.40. The molecule has 2 rings (SSSR count). The standard InChI is InChI=1S/C19H27N3O3S/c1-5-20-19(21-9-8-15-7-6-10-26-15)22-13-14-11-16(23-2)18(25-4)17(12-14)24-3/h6-7,10-12H,5,8-9,13H2,1-4H3,(H2,20,21,22). The Morgan fingerprint density at radius 3 is 2.35 bits per heavy atom. The van der Waals surface area contributed by atoms with Gasteiger partial charge in [0, 0.05) is 18.0 Å². The first-order valence-electron chi connectivity index (χ1n) is 8.55. The molecule has 142 valence electrons. The van der Waals surface area contributed by atoms with Gasteiger partial charge in [-0.05, 0) is 42.5 Å². The molecule has 7 heteroatoms. The first-order valence-corrected chi connectivity index (χ1v) is 9.43. The molecule has 0 atom stereocenters. The van der Waals surface area contributed by atoms with Crippen molar-refractivity contribution in [2.75, 3.05) is 34.4 Å². The summed E-state index contributed by atoms with van der Waals surface area (Å²) in [5.74, 6) is 2.64. The lowest BCUT2D eigenvalue weighted by atomic mass is 10.2. The molecule has 0 aliphatic rings. The van der Waals surface area contributed by atoms with Crippen LogP contribution in [0.15, 0.2) is 34.6 Å². The van der Waals surface area contributed by atoms with Crippen LogP contribution in [0.3, 0.4) is 0 Å². The molecule has 0 bridgehead atoms. The fourth-order valence-electron chi connectivity index (χ4n) is 2.50. The van der Waals surface area contributed by atoms with E-state index in [0.717, 1.165) is 31.0 Å². The number of aliphatic imine (C=N–C) groups is 1. The summed E-state index contributed by atoms with van der Waals surface area (Å²) < 4.78 is 16.1. The zero-order valence-corrected chi connectivity index (χ0v) is 16.6. The molecule has 2 N–H and O–H groups in total. The summed E-state index contributed by atoms with van der Waals surface area (Å²) in [6.07, 6.45) is 0.978. The minimum absolute atomic E-state index is 0.505. The molecule has 1 heterocycles. The Morgan fingerprint density at radius 1 is 1.08 bits per heavy atom. The summed E-state index contributed by atoms with van der Waals surface area (Å²) in [4.78, 5) is 6.01. The van der Waals surface area contributed by atoms with Crippen LogP contribution in [0.2, 0.25) is 0 Å². The normalized spacial score (nSPS) is 11.2. The highest BCUT2D eigenvalue weighted by Gasteiger charge is 2.13. The number of methoxy groups -OCH3 is 3. The molecular weight excluding hydrogens is 350 g/mol. The molecule has 1 aromatic heterocycles. The molecule has 2 aromatic rings. The summed E-state index contributed by atoms with van der Waals surface area (Å²) in [5.41, 5.74) is 0.981. The first-order chi connectivity index (χ1) is 12.7. The largest absolute Gasteiger partial charge is 0.493 e. The highest BCUT2D eigenvalue weighted by atomic mass is 32.1. The van der Waals surface area contributed by atoms with Gasteiger partial charge in [-0.25, -0.2) is 4.99 Å². The lowest BCUT2D eigenvalue weighted by Crippen LogP contribution is -2.38. The first kappa shape index (κ1) is 19.9. The third-order valence-electron chi connectivity index (χ3n) is 3.73. The summed E-state index contributed by atoms with van der Waals surface area (Å²) >= 11 is 1.77. The molecule has 1 aromatic carbocycles. The van der Waals surface area contributed by atoms with Gasteiger partial charge < -0.3 is 24.8 Å². The molecule has 0 aliphatic carbocycles. The van der Waals surface area contributed by atoms with Crippen molar-refractivity contribution < 1.29 is 14.2 Å². The minimum Gasteiger partial charge on any atom is -0.493 e. The molecule has 0 spiro atoms. The zero-order valence-electron chi connectivity index (χ0n) is 15.8. The van der Waals surface area contributed by atoms with Crippen LogP contribution in [0.25, 0.3) is 0 Å². The lowest BCUT2D eigenvalue weighted by Gasteiger charge is -2.14. The van der Waals surface area contributed by atoms with Crippen molar-refractivity contribution in [3.05, 3.63) is 40.1 Å². The van der Waals surface area contributed by atoms with E-state index < -0.39 is 0 Å². The van der Waals surface area contributed by atoms with Crippen molar-refractivity contribution in [1.82, 2.24) is 10.6 Å². The van der Waals surface area contributed by atoms with E-state index in [9.17, 15) is 0 Å². The summed E-state index contributed by atoms with van der Waals surface area (Å²) in [7, 11) is 4.82. The number of hydrogen-bond donors (Lipinski definition) is 2. The van der Waals surface area contributed by atoms with Gasteiger partial charge in [0.2, 0.25) is 5.75 Å². The summed E-state index contributed by atoms with van der Waals surface area (Å²) in [6.45, 7) is 4.20. The molecule has 0 saturated heterocycles. The molecule has 26 heavy (non-hydrogen) atoms. The van der Waals surface area contributed by atoms with Crippen LogP contribution in [0.4, 0.5) is 0 Å². The van der Waals surface area contributed by atoms with E-state index in [-0.39, 0.29) is 0 Å². The van der Waals surface area contributed by atoms with Crippen molar-refractivity contribution in [1.29, 1.82) is 0 Å². The van der Waals surface area contributed by atoms with E-state index in [2.05, 4.69) is 40.1 Å². The predicted molar refractivity (Wildman–Crippen MR) is 107 cm³/mol. The number of benzene rings is 1. The van der Waals surface area contributed by atoms with Crippen LogP contribution in [0.1, 0.15) is 17.4 Å². The highest BCUT2D eigenvalue weighted by Crippen LogP contribution is 2.38. The maximum absolute atomic E-state index is 5.40. The molecule has 0 unspecified atom stereocenters. The Balaban J connectivity index is 2.05. The number of nitrogens with one attached hydrogen (secondary N) is 2. The van der Waals surface area contributed by atoms with Crippen molar-refractivity contribution in [2.45, 2.75) is 19.9 Å². The second-order valence-corrected chi connectivity index (χ2v) is 6.52. The second kappa shape index (κ2) is 10.6. The molecule has 0 saturated carbocycles. The van der Waals surface area contributed by atoms with Gasteiger partial charge in [-0.15, -0.1) is 11.3 Å². The van der Waals surface area contributed by atoms with Gasteiger partial charge in [-0.1, -0.05) is 6.07 Å². The SMILES string of the molecule is CCNC(=NCc1cc(OC)c(OC)c(OC)c1)NCCc1cccs1. The Morgan fingerprint density at radius 2 is 1.81 bits per heavy atom. The Hall–Kier alpha value is -2.41. The average Bonchev–Trinajstić information content (AvgIpc) is 3.18. The number of nitrogens with zero attached hydrogens (tertiary/aromatic N) is 1. The summed E-state index contributed by atoms with van der Waals surface area (Å²) in [5, 5.41) is 8.73. The van der Waals surface area contributed by atoms with Crippen LogP contribution in [0, 0.1) is 0 Å². The van der Waals surface area contributed by atoms with E-state index in [1.54, 1.807) is 32.7 Å². The molecular formula is C19H27N3O3S. The average molecular weight is 378 g/mol. The smallest absolute Gasteiger partial charge is 0.203 e. The van der Waals surface area contributed by atoms with Crippen molar-refractivity contribution in [2.24, 2.45) is 4.99 Å². The van der Waals surface area contributed by atoms with Crippen molar-refractivity contribution >= 4 is 17.3 Å². The van der Waals surface area contributed by atoms with E-state index in [1.807, 2.05) is 12.1 Å². The number of ether oxygens (including phenoxy) is 3. The van der Waals surface area contributed by atoms with Crippen molar-refractivity contribution in [3.63, 3.8) is 0 Å². The quantitative estimate of drug-likeness (QED) is 0.519. The highest BCUT2D eigenvalue weighted by molar-refractivity contribution is 7.09. The third kappa shape index (κ3) is 5.56. The van der Waals surface area contributed by atoms with Crippen molar-refractivity contribution in [3.8, 4) is 17.2 Å². The fourth-order valence-corrected chi connectivity index (χ4v) is 3.21. The van der Waals surface area contributed by atoms with E-state index in [0.29, 0.717) is 23.8 Å². The van der Waals surface area contributed by atoms with Crippen LogP contribution in [-0.4, -0.2) is 40.4 Å².